The van der Waals surface area contributed by atoms with Crippen LogP contribution in [-0.4, -0.2) is 24.4 Å². The Morgan fingerprint density at radius 1 is 1.67 bits per heavy atom. The summed E-state index contributed by atoms with van der Waals surface area (Å²) in [4.78, 5) is 20.6. The van der Waals surface area contributed by atoms with Gasteiger partial charge < -0.3 is 9.84 Å². The van der Waals surface area contributed by atoms with Gasteiger partial charge in [0.2, 0.25) is 5.70 Å². The number of aliphatic hydroxyl groups is 1. The van der Waals surface area contributed by atoms with Gasteiger partial charge in [-0.1, -0.05) is 0 Å². The van der Waals surface area contributed by atoms with Crippen molar-refractivity contribution < 1.29 is 19.0 Å². The standard InChI is InChI=1S/C6H8FNO4/c1-2-12-6(10)5(8-11)4(9)3-7/h9H,2-3H2,1H3. The maximum absolute atomic E-state index is 11.7. The number of esters is 1. The summed E-state index contributed by atoms with van der Waals surface area (Å²) < 4.78 is 16.0. The third-order valence-corrected chi connectivity index (χ3v) is 0.960. The zero-order chi connectivity index (χ0) is 9.56. The number of rotatable bonds is 4. The average Bonchev–Trinajstić information content (AvgIpc) is 2.06. The van der Waals surface area contributed by atoms with Crippen LogP contribution in [-0.2, 0) is 9.53 Å². The van der Waals surface area contributed by atoms with E-state index in [9.17, 15) is 14.1 Å². The molecule has 0 aliphatic carbocycles. The molecule has 5 nitrogen and oxygen atoms in total. The molecule has 0 aliphatic rings. The molecule has 0 aliphatic heterocycles. The minimum atomic E-state index is -1.32. The number of hydrogen-bond acceptors (Lipinski definition) is 5. The summed E-state index contributed by atoms with van der Waals surface area (Å²) in [5, 5.41) is 10.8. The highest BCUT2D eigenvalue weighted by Gasteiger charge is 2.17. The van der Waals surface area contributed by atoms with Gasteiger partial charge in [-0.3, -0.25) is 0 Å². The van der Waals surface area contributed by atoms with Crippen molar-refractivity contribution in [1.82, 2.24) is 0 Å². The van der Waals surface area contributed by atoms with E-state index in [2.05, 4.69) is 9.91 Å². The lowest BCUT2D eigenvalue weighted by molar-refractivity contribution is -0.138. The third kappa shape index (κ3) is 2.65. The van der Waals surface area contributed by atoms with Crippen LogP contribution in [0.2, 0.25) is 0 Å². The predicted octanol–water partition coefficient (Wildman–Crippen LogP) is 1.05. The van der Waals surface area contributed by atoms with Gasteiger partial charge in [0.15, 0.2) is 5.76 Å². The van der Waals surface area contributed by atoms with Gasteiger partial charge in [-0.05, 0) is 12.1 Å². The Labute approximate surface area is 67.8 Å². The Morgan fingerprint density at radius 2 is 2.25 bits per heavy atom. The van der Waals surface area contributed by atoms with Gasteiger partial charge in [-0.2, -0.15) is 0 Å². The molecule has 0 aromatic carbocycles. The predicted molar refractivity (Wildman–Crippen MR) is 38.1 cm³/mol. The average molecular weight is 177 g/mol. The third-order valence-electron chi connectivity index (χ3n) is 0.960. The van der Waals surface area contributed by atoms with Crippen LogP contribution >= 0.6 is 0 Å². The Kier molecular flexibility index (Phi) is 4.59. The van der Waals surface area contributed by atoms with E-state index in [0.717, 1.165) is 0 Å². The van der Waals surface area contributed by atoms with E-state index in [1.807, 2.05) is 0 Å². The Bertz CT molecular complexity index is 214. The summed E-state index contributed by atoms with van der Waals surface area (Å²) >= 11 is 0. The molecular weight excluding hydrogens is 169 g/mol. The Morgan fingerprint density at radius 3 is 2.58 bits per heavy atom. The molecule has 0 saturated carbocycles. The number of ether oxygens (including phenoxy) is 1. The lowest BCUT2D eigenvalue weighted by atomic mass is 10.4. The topological polar surface area (TPSA) is 76.0 Å². The fourth-order valence-corrected chi connectivity index (χ4v) is 0.471. The number of alkyl halides is 1. The minimum absolute atomic E-state index is 0.0252. The molecule has 0 bridgehead atoms. The molecule has 68 valence electrons. The van der Waals surface area contributed by atoms with Crippen LogP contribution in [0.1, 0.15) is 6.92 Å². The number of nitrogens with zero attached hydrogens (tertiary/aromatic N) is 1. The van der Waals surface area contributed by atoms with Gasteiger partial charge in [0.05, 0.1) is 6.61 Å². The number of hydrogen-bond donors (Lipinski definition) is 1. The highest BCUT2D eigenvalue weighted by atomic mass is 19.1. The first-order chi connectivity index (χ1) is 5.67. The summed E-state index contributed by atoms with van der Waals surface area (Å²) in [6.45, 7) is 0.212. The van der Waals surface area contributed by atoms with Crippen molar-refractivity contribution in [2.45, 2.75) is 6.92 Å². The van der Waals surface area contributed by atoms with Crippen molar-refractivity contribution in [2.24, 2.45) is 5.18 Å². The molecule has 12 heavy (non-hydrogen) atoms. The fourth-order valence-electron chi connectivity index (χ4n) is 0.471. The van der Waals surface area contributed by atoms with Crippen LogP contribution in [0.3, 0.4) is 0 Å². The SMILES string of the molecule is CCOC(=O)C(N=O)=C(O)CF. The first kappa shape index (κ1) is 10.5. The molecule has 0 unspecified atom stereocenters. The molecular formula is C6H8FNO4. The summed E-state index contributed by atoms with van der Waals surface area (Å²) in [6.07, 6.45) is 0. The normalized spacial score (nSPS) is 11.8. The Hall–Kier alpha value is -1.46. The monoisotopic (exact) mass is 177 g/mol. The quantitative estimate of drug-likeness (QED) is 0.301. The molecule has 6 heteroatoms. The van der Waals surface area contributed by atoms with Gasteiger partial charge in [0, 0.05) is 0 Å². The van der Waals surface area contributed by atoms with Crippen LogP contribution in [0, 0.1) is 4.91 Å². The van der Waals surface area contributed by atoms with Crippen LogP contribution in [0.15, 0.2) is 16.6 Å². The number of halogens is 1. The van der Waals surface area contributed by atoms with Crippen LogP contribution in [0.5, 0.6) is 0 Å². The highest BCUT2D eigenvalue weighted by molar-refractivity contribution is 5.88. The molecule has 0 radical (unpaired) electrons. The van der Waals surface area contributed by atoms with Gasteiger partial charge in [0.1, 0.15) is 6.67 Å². The molecule has 0 heterocycles. The number of aliphatic hydroxyl groups excluding tert-OH is 1. The van der Waals surface area contributed by atoms with E-state index in [-0.39, 0.29) is 6.61 Å². The van der Waals surface area contributed by atoms with Crippen molar-refractivity contribution in [3.05, 3.63) is 16.4 Å². The second-order valence-corrected chi connectivity index (χ2v) is 1.74. The van der Waals surface area contributed by atoms with Crippen molar-refractivity contribution in [1.29, 1.82) is 0 Å². The molecule has 0 aromatic rings. The van der Waals surface area contributed by atoms with Crippen LogP contribution < -0.4 is 0 Å². The van der Waals surface area contributed by atoms with E-state index >= 15 is 0 Å². The van der Waals surface area contributed by atoms with Crippen LogP contribution in [0.4, 0.5) is 4.39 Å². The van der Waals surface area contributed by atoms with Crippen molar-refractivity contribution >= 4 is 5.97 Å². The number of carbonyl (C=O) groups is 1. The Balaban J connectivity index is 4.55. The number of carbonyl (C=O) groups excluding carboxylic acids is 1. The molecule has 0 amide bonds. The molecule has 0 rings (SSSR count). The summed E-state index contributed by atoms with van der Waals surface area (Å²) in [5.74, 6) is -2.13. The zero-order valence-corrected chi connectivity index (χ0v) is 6.41. The maximum atomic E-state index is 11.7. The highest BCUT2D eigenvalue weighted by Crippen LogP contribution is 2.05. The van der Waals surface area contributed by atoms with E-state index in [0.29, 0.717) is 0 Å². The van der Waals surface area contributed by atoms with Crippen molar-refractivity contribution in [3.8, 4) is 0 Å². The van der Waals surface area contributed by atoms with Crippen LogP contribution in [0.25, 0.3) is 0 Å². The van der Waals surface area contributed by atoms with Gasteiger partial charge in [-0.15, -0.1) is 4.91 Å². The smallest absolute Gasteiger partial charge is 0.364 e. The first-order valence-corrected chi connectivity index (χ1v) is 3.15. The lowest BCUT2D eigenvalue weighted by Gasteiger charge is -1.99. The largest absolute Gasteiger partial charge is 0.507 e. The van der Waals surface area contributed by atoms with Crippen molar-refractivity contribution in [2.75, 3.05) is 13.3 Å². The zero-order valence-electron chi connectivity index (χ0n) is 6.41. The molecule has 0 atom stereocenters. The summed E-state index contributed by atoms with van der Waals surface area (Å²) in [7, 11) is 0. The molecule has 0 spiro atoms. The van der Waals surface area contributed by atoms with E-state index in [1.54, 1.807) is 0 Å². The lowest BCUT2D eigenvalue weighted by Crippen LogP contribution is -2.09. The molecule has 1 N–H and O–H groups in total. The van der Waals surface area contributed by atoms with E-state index < -0.39 is 24.1 Å². The molecule has 0 fully saturated rings. The summed E-state index contributed by atoms with van der Waals surface area (Å²) in [5.41, 5.74) is -0.917. The second kappa shape index (κ2) is 5.22. The first-order valence-electron chi connectivity index (χ1n) is 3.15. The fraction of sp³-hybridized carbons (Fsp3) is 0.500. The molecule has 0 aromatic heterocycles. The number of allylic oxidation sites excluding steroid dienone is 1. The van der Waals surface area contributed by atoms with Crippen molar-refractivity contribution in [3.63, 3.8) is 0 Å². The molecule has 0 saturated heterocycles. The van der Waals surface area contributed by atoms with Gasteiger partial charge >= 0.3 is 5.97 Å². The minimum Gasteiger partial charge on any atom is -0.507 e. The second-order valence-electron chi connectivity index (χ2n) is 1.74. The van der Waals surface area contributed by atoms with Gasteiger partial charge in [-0.25, -0.2) is 9.18 Å². The van der Waals surface area contributed by atoms with E-state index in [1.165, 1.54) is 6.92 Å². The summed E-state index contributed by atoms with van der Waals surface area (Å²) in [6, 6.07) is 0. The number of nitroso groups, excluding NO2 is 1. The van der Waals surface area contributed by atoms with Gasteiger partial charge in [0.25, 0.3) is 0 Å². The maximum Gasteiger partial charge on any atom is 0.364 e. The van der Waals surface area contributed by atoms with E-state index in [4.69, 9.17) is 5.11 Å².